The second-order valence-electron chi connectivity index (χ2n) is 5.17. The molecule has 0 spiro atoms. The average Bonchev–Trinajstić information content (AvgIpc) is 2.87. The van der Waals surface area contributed by atoms with Crippen LogP contribution in [0.15, 0.2) is 12.5 Å². The zero-order chi connectivity index (χ0) is 14.5. The predicted molar refractivity (Wildman–Crippen MR) is 72.4 cm³/mol. The van der Waals surface area contributed by atoms with Crippen molar-refractivity contribution in [3.05, 3.63) is 18.2 Å². The third-order valence-electron chi connectivity index (χ3n) is 3.52. The van der Waals surface area contributed by atoms with Crippen LogP contribution in [0.5, 0.6) is 0 Å². The van der Waals surface area contributed by atoms with E-state index in [2.05, 4.69) is 22.5 Å². The van der Waals surface area contributed by atoms with Crippen LogP contribution < -0.4 is 10.6 Å². The first-order valence-electron chi connectivity index (χ1n) is 6.82. The molecule has 2 rings (SSSR count). The van der Waals surface area contributed by atoms with Crippen molar-refractivity contribution < 1.29 is 14.7 Å². The van der Waals surface area contributed by atoms with Crippen LogP contribution in [0.4, 0.5) is 0 Å². The number of hydrogen-bond acceptors (Lipinski definition) is 4. The third-order valence-corrected chi connectivity index (χ3v) is 3.52. The number of rotatable bonds is 5. The van der Waals surface area contributed by atoms with Crippen LogP contribution in [0.25, 0.3) is 0 Å². The molecule has 1 saturated heterocycles. The Morgan fingerprint density at radius 2 is 2.40 bits per heavy atom. The number of aromatic nitrogens is 2. The number of imidazole rings is 1. The molecule has 1 fully saturated rings. The summed E-state index contributed by atoms with van der Waals surface area (Å²) in [5, 5.41) is 15.0. The molecule has 1 aliphatic heterocycles. The van der Waals surface area contributed by atoms with Crippen molar-refractivity contribution in [3.63, 3.8) is 0 Å². The fraction of sp³-hybridized carbons (Fsp3) is 0.615. The summed E-state index contributed by atoms with van der Waals surface area (Å²) in [4.78, 5) is 26.4. The highest BCUT2D eigenvalue weighted by molar-refractivity contribution is 5.84. The summed E-state index contributed by atoms with van der Waals surface area (Å²) >= 11 is 0. The van der Waals surface area contributed by atoms with Crippen molar-refractivity contribution >= 4 is 11.9 Å². The molecule has 1 amide bonds. The summed E-state index contributed by atoms with van der Waals surface area (Å²) < 4.78 is 1.66. The largest absolute Gasteiger partial charge is 0.476 e. The van der Waals surface area contributed by atoms with Crippen LogP contribution in [0, 0.1) is 5.92 Å². The maximum Gasteiger partial charge on any atom is 0.356 e. The molecule has 2 unspecified atom stereocenters. The van der Waals surface area contributed by atoms with Gasteiger partial charge in [-0.25, -0.2) is 9.78 Å². The smallest absolute Gasteiger partial charge is 0.356 e. The van der Waals surface area contributed by atoms with Gasteiger partial charge in [0.15, 0.2) is 5.69 Å². The van der Waals surface area contributed by atoms with E-state index in [9.17, 15) is 9.59 Å². The molecule has 0 aliphatic carbocycles. The van der Waals surface area contributed by atoms with Crippen LogP contribution in [0.1, 0.15) is 30.3 Å². The van der Waals surface area contributed by atoms with Gasteiger partial charge in [-0.1, -0.05) is 0 Å². The van der Waals surface area contributed by atoms with E-state index >= 15 is 0 Å². The van der Waals surface area contributed by atoms with Crippen LogP contribution in [-0.2, 0) is 11.3 Å². The molecule has 7 nitrogen and oxygen atoms in total. The van der Waals surface area contributed by atoms with Crippen molar-refractivity contribution in [2.45, 2.75) is 32.4 Å². The molecule has 3 N–H and O–H groups in total. The number of carbonyl (C=O) groups excluding carboxylic acids is 1. The number of aromatic carboxylic acids is 1. The van der Waals surface area contributed by atoms with Gasteiger partial charge in [0, 0.05) is 31.2 Å². The van der Waals surface area contributed by atoms with E-state index in [0.29, 0.717) is 19.1 Å². The fourth-order valence-corrected chi connectivity index (χ4v) is 2.42. The molecule has 110 valence electrons. The Kier molecular flexibility index (Phi) is 4.73. The van der Waals surface area contributed by atoms with E-state index in [4.69, 9.17) is 5.11 Å². The monoisotopic (exact) mass is 280 g/mol. The lowest BCUT2D eigenvalue weighted by Crippen LogP contribution is -2.43. The van der Waals surface area contributed by atoms with Gasteiger partial charge < -0.3 is 20.3 Å². The Hall–Kier alpha value is -1.89. The number of nitrogens with one attached hydrogen (secondary N) is 2. The average molecular weight is 280 g/mol. The predicted octanol–water partition coefficient (Wildman–Crippen LogP) is 0.0856. The van der Waals surface area contributed by atoms with Gasteiger partial charge >= 0.3 is 5.97 Å². The maximum atomic E-state index is 12.0. The lowest BCUT2D eigenvalue weighted by atomic mass is 9.92. The highest BCUT2D eigenvalue weighted by Crippen LogP contribution is 2.15. The van der Waals surface area contributed by atoms with Crippen molar-refractivity contribution in [2.24, 2.45) is 5.92 Å². The Morgan fingerprint density at radius 1 is 1.60 bits per heavy atom. The molecule has 2 atom stereocenters. The van der Waals surface area contributed by atoms with Gasteiger partial charge in [0.05, 0.1) is 6.33 Å². The van der Waals surface area contributed by atoms with E-state index in [-0.39, 0.29) is 17.5 Å². The minimum Gasteiger partial charge on any atom is -0.476 e. The quantitative estimate of drug-likeness (QED) is 0.710. The van der Waals surface area contributed by atoms with Crippen molar-refractivity contribution in [3.8, 4) is 0 Å². The molecule has 1 aliphatic rings. The van der Waals surface area contributed by atoms with E-state index in [1.54, 1.807) is 4.57 Å². The molecule has 0 aromatic carbocycles. The van der Waals surface area contributed by atoms with E-state index in [1.807, 2.05) is 0 Å². The summed E-state index contributed by atoms with van der Waals surface area (Å²) in [6, 6.07) is 0.381. The Labute approximate surface area is 117 Å². The number of carboxylic acid groups (broad SMARTS) is 1. The molecule has 20 heavy (non-hydrogen) atoms. The number of nitrogens with zero attached hydrogens (tertiary/aromatic N) is 2. The summed E-state index contributed by atoms with van der Waals surface area (Å²) in [6.45, 7) is 3.96. The van der Waals surface area contributed by atoms with E-state index in [1.165, 1.54) is 12.5 Å². The summed E-state index contributed by atoms with van der Waals surface area (Å²) in [5.41, 5.74) is 0.0171. The Morgan fingerprint density at radius 3 is 3.05 bits per heavy atom. The molecule has 1 aromatic heterocycles. The lowest BCUT2D eigenvalue weighted by Gasteiger charge is -2.27. The van der Waals surface area contributed by atoms with Gasteiger partial charge in [0.1, 0.15) is 0 Å². The maximum absolute atomic E-state index is 12.0. The van der Waals surface area contributed by atoms with Gasteiger partial charge in [-0.3, -0.25) is 4.79 Å². The summed E-state index contributed by atoms with van der Waals surface area (Å²) in [5.74, 6) is -0.892. The molecule has 7 heteroatoms. The van der Waals surface area contributed by atoms with Crippen LogP contribution >= 0.6 is 0 Å². The molecule has 1 aromatic rings. The van der Waals surface area contributed by atoms with Crippen molar-refractivity contribution in [2.75, 3.05) is 13.1 Å². The topological polar surface area (TPSA) is 96.2 Å². The van der Waals surface area contributed by atoms with Crippen LogP contribution in [-0.4, -0.2) is 45.7 Å². The van der Waals surface area contributed by atoms with Gasteiger partial charge in [0.25, 0.3) is 0 Å². The first kappa shape index (κ1) is 14.5. The standard InChI is InChI=1S/C13H20N4O3/c1-9-6-10(2-3-14-9)12(18)15-4-5-17-7-11(13(19)20)16-8-17/h7-10,14H,2-6H2,1H3,(H,15,18)(H,19,20). The van der Waals surface area contributed by atoms with Crippen LogP contribution in [0.3, 0.4) is 0 Å². The molecule has 0 saturated carbocycles. The Balaban J connectivity index is 1.74. The summed E-state index contributed by atoms with van der Waals surface area (Å²) in [6.07, 6.45) is 4.65. The lowest BCUT2D eigenvalue weighted by molar-refractivity contribution is -0.126. The van der Waals surface area contributed by atoms with Crippen molar-refractivity contribution in [1.82, 2.24) is 20.2 Å². The SMILES string of the molecule is CC1CC(C(=O)NCCn2cnc(C(=O)O)c2)CCN1. The highest BCUT2D eigenvalue weighted by atomic mass is 16.4. The summed E-state index contributed by atoms with van der Waals surface area (Å²) in [7, 11) is 0. The first-order chi connectivity index (χ1) is 9.56. The molecule has 2 heterocycles. The minimum atomic E-state index is -1.04. The van der Waals surface area contributed by atoms with Crippen LogP contribution in [0.2, 0.25) is 0 Å². The van der Waals surface area contributed by atoms with Gasteiger partial charge in [-0.2, -0.15) is 0 Å². The Bertz CT molecular complexity index is 486. The zero-order valence-corrected chi connectivity index (χ0v) is 11.5. The van der Waals surface area contributed by atoms with Gasteiger partial charge in [0.2, 0.25) is 5.91 Å². The molecule has 0 radical (unpaired) electrons. The highest BCUT2D eigenvalue weighted by Gasteiger charge is 2.24. The second-order valence-corrected chi connectivity index (χ2v) is 5.17. The second kappa shape index (κ2) is 6.51. The number of piperidine rings is 1. The number of carbonyl (C=O) groups is 2. The first-order valence-corrected chi connectivity index (χ1v) is 6.82. The number of carboxylic acids is 1. The van der Waals surface area contributed by atoms with Gasteiger partial charge in [-0.05, 0) is 26.3 Å². The van der Waals surface area contributed by atoms with E-state index < -0.39 is 5.97 Å². The van der Waals surface area contributed by atoms with E-state index in [0.717, 1.165) is 19.4 Å². The fourth-order valence-electron chi connectivity index (χ4n) is 2.42. The zero-order valence-electron chi connectivity index (χ0n) is 11.5. The normalized spacial score (nSPS) is 22.4. The molecule has 0 bridgehead atoms. The molecular weight excluding hydrogens is 260 g/mol. The molecular formula is C13H20N4O3. The third kappa shape index (κ3) is 3.80. The number of amides is 1. The van der Waals surface area contributed by atoms with Gasteiger partial charge in [-0.15, -0.1) is 0 Å². The minimum absolute atomic E-state index is 0.0171. The van der Waals surface area contributed by atoms with Crippen molar-refractivity contribution in [1.29, 1.82) is 0 Å². The number of hydrogen-bond donors (Lipinski definition) is 3.